The number of carbonyl (C=O) groups is 1. The molecule has 6 nitrogen and oxygen atoms in total. The molecule has 168 valence electrons. The Morgan fingerprint density at radius 1 is 1.28 bits per heavy atom. The number of hydrogen-bond acceptors (Lipinski definition) is 4. The van der Waals surface area contributed by atoms with Crippen molar-refractivity contribution in [1.82, 2.24) is 10.3 Å². The summed E-state index contributed by atoms with van der Waals surface area (Å²) in [6.07, 6.45) is -2.18. The molecule has 2 amide bonds. The van der Waals surface area contributed by atoms with E-state index in [-0.39, 0.29) is 36.8 Å². The van der Waals surface area contributed by atoms with Gasteiger partial charge in [-0.1, -0.05) is 11.8 Å². The molecule has 2 aromatic rings. The Bertz CT molecular complexity index is 1090. The number of benzene rings is 1. The third kappa shape index (κ3) is 4.34. The number of hydrogen-bond donors (Lipinski definition) is 3. The van der Waals surface area contributed by atoms with Crippen LogP contribution in [0, 0.1) is 23.6 Å². The fourth-order valence-electron chi connectivity index (χ4n) is 3.35. The Hall–Kier alpha value is -3.32. The predicted molar refractivity (Wildman–Crippen MR) is 106 cm³/mol. The van der Waals surface area contributed by atoms with E-state index >= 15 is 0 Å². The molecular formula is C22H19F4N3O3. The van der Waals surface area contributed by atoms with E-state index in [1.807, 2.05) is 5.32 Å². The van der Waals surface area contributed by atoms with E-state index in [9.17, 15) is 22.4 Å². The van der Waals surface area contributed by atoms with E-state index in [1.165, 1.54) is 12.3 Å². The molecule has 0 unspecified atom stereocenters. The van der Waals surface area contributed by atoms with Crippen molar-refractivity contribution in [3.05, 3.63) is 53.1 Å². The highest BCUT2D eigenvalue weighted by atomic mass is 19.4. The van der Waals surface area contributed by atoms with Crippen LogP contribution in [0.3, 0.4) is 0 Å². The van der Waals surface area contributed by atoms with Crippen molar-refractivity contribution in [2.24, 2.45) is 5.92 Å². The van der Waals surface area contributed by atoms with E-state index < -0.39 is 29.1 Å². The van der Waals surface area contributed by atoms with Crippen LogP contribution in [0.15, 0.2) is 30.5 Å². The van der Waals surface area contributed by atoms with E-state index in [2.05, 4.69) is 22.1 Å². The lowest BCUT2D eigenvalue weighted by molar-refractivity contribution is -0.178. The summed E-state index contributed by atoms with van der Waals surface area (Å²) in [4.78, 5) is 16.2. The van der Waals surface area contributed by atoms with Crippen LogP contribution >= 0.6 is 0 Å². The van der Waals surface area contributed by atoms with E-state index in [4.69, 9.17) is 9.84 Å². The Morgan fingerprint density at radius 3 is 2.69 bits per heavy atom. The lowest BCUT2D eigenvalue weighted by atomic mass is 9.85. The number of pyridine rings is 1. The topological polar surface area (TPSA) is 83.5 Å². The highest BCUT2D eigenvalue weighted by Crippen LogP contribution is 2.45. The number of anilines is 1. The number of aromatic nitrogens is 1. The van der Waals surface area contributed by atoms with Gasteiger partial charge in [0.25, 0.3) is 0 Å². The molecule has 1 saturated carbocycles. The Morgan fingerprint density at radius 2 is 2.06 bits per heavy atom. The van der Waals surface area contributed by atoms with Crippen molar-refractivity contribution >= 4 is 11.7 Å². The van der Waals surface area contributed by atoms with Crippen molar-refractivity contribution in [2.45, 2.75) is 31.0 Å². The van der Waals surface area contributed by atoms with Crippen molar-refractivity contribution in [1.29, 1.82) is 0 Å². The van der Waals surface area contributed by atoms with Gasteiger partial charge in [-0.2, -0.15) is 13.2 Å². The van der Waals surface area contributed by atoms with Crippen LogP contribution in [-0.2, 0) is 12.0 Å². The predicted octanol–water partition coefficient (Wildman–Crippen LogP) is 3.49. The molecule has 1 fully saturated rings. The zero-order valence-electron chi connectivity index (χ0n) is 16.7. The average Bonchev–Trinajstić information content (AvgIpc) is 3.56. The second-order valence-corrected chi connectivity index (χ2v) is 7.59. The van der Waals surface area contributed by atoms with Crippen molar-refractivity contribution < 1.29 is 32.2 Å². The number of amides is 2. The van der Waals surface area contributed by atoms with Gasteiger partial charge >= 0.3 is 12.2 Å². The first kappa shape index (κ1) is 21.9. The molecule has 32 heavy (non-hydrogen) atoms. The van der Waals surface area contributed by atoms with Gasteiger partial charge in [0.2, 0.25) is 5.54 Å². The van der Waals surface area contributed by atoms with Gasteiger partial charge in [0.15, 0.2) is 0 Å². The lowest BCUT2D eigenvalue weighted by Crippen LogP contribution is -2.59. The highest BCUT2D eigenvalue weighted by molar-refractivity contribution is 5.95. The molecule has 0 radical (unpaired) electrons. The summed E-state index contributed by atoms with van der Waals surface area (Å²) >= 11 is 0. The first-order chi connectivity index (χ1) is 15.2. The molecule has 0 spiro atoms. The molecule has 10 heteroatoms. The third-order valence-electron chi connectivity index (χ3n) is 5.14. The molecule has 1 atom stereocenters. The van der Waals surface area contributed by atoms with Crippen molar-refractivity contribution in [3.8, 4) is 17.6 Å². The number of nitrogens with one attached hydrogen (secondary N) is 2. The monoisotopic (exact) mass is 449 g/mol. The second-order valence-electron chi connectivity index (χ2n) is 7.59. The molecule has 1 aromatic carbocycles. The molecule has 1 aromatic heterocycles. The first-order valence-corrected chi connectivity index (χ1v) is 9.92. The number of ether oxygens (including phenoxy) is 1. The van der Waals surface area contributed by atoms with Crippen LogP contribution in [-0.4, -0.2) is 35.5 Å². The maximum Gasteiger partial charge on any atom is 0.427 e. The molecule has 2 heterocycles. The summed E-state index contributed by atoms with van der Waals surface area (Å²) < 4.78 is 62.5. The van der Waals surface area contributed by atoms with Gasteiger partial charge in [0.05, 0.1) is 12.8 Å². The number of rotatable bonds is 5. The quantitative estimate of drug-likeness (QED) is 0.482. The highest BCUT2D eigenvalue weighted by Gasteiger charge is 2.59. The SMILES string of the molecule is O=C1Nc2cc(Cc3ccc(OCCO)cn3)c(F)cc2[C@@](C#CC2CC2)(C(F)(F)F)N1. The molecule has 4 rings (SSSR count). The number of aliphatic hydroxyl groups excluding tert-OH is 1. The van der Waals surface area contributed by atoms with Gasteiger partial charge in [-0.25, -0.2) is 9.18 Å². The smallest absolute Gasteiger partial charge is 0.427 e. The van der Waals surface area contributed by atoms with Gasteiger partial charge in [-0.3, -0.25) is 4.98 Å². The number of alkyl halides is 3. The molecule has 2 aliphatic rings. The third-order valence-corrected chi connectivity index (χ3v) is 5.14. The maximum absolute atomic E-state index is 14.9. The fraction of sp³-hybridized carbons (Fsp3) is 0.364. The van der Waals surface area contributed by atoms with E-state index in [1.54, 1.807) is 12.1 Å². The molecule has 0 bridgehead atoms. The van der Waals surface area contributed by atoms with Crippen LogP contribution in [0.1, 0.15) is 29.7 Å². The van der Waals surface area contributed by atoms with Crippen LogP contribution in [0.2, 0.25) is 0 Å². The number of aliphatic hydroxyl groups is 1. The lowest BCUT2D eigenvalue weighted by Gasteiger charge is -2.37. The Balaban J connectivity index is 1.69. The van der Waals surface area contributed by atoms with Crippen molar-refractivity contribution in [3.63, 3.8) is 0 Å². The molecule has 1 aliphatic carbocycles. The summed E-state index contributed by atoms with van der Waals surface area (Å²) in [5.41, 5.74) is -3.13. The van der Waals surface area contributed by atoms with E-state index in [0.29, 0.717) is 24.3 Å². The minimum Gasteiger partial charge on any atom is -0.490 e. The molecule has 1 aliphatic heterocycles. The zero-order chi connectivity index (χ0) is 22.9. The minimum absolute atomic E-state index is 0.0184. The number of fused-ring (bicyclic) bond motifs is 1. The van der Waals surface area contributed by atoms with Gasteiger partial charge in [0, 0.05) is 29.3 Å². The van der Waals surface area contributed by atoms with Crippen LogP contribution in [0.5, 0.6) is 5.75 Å². The standard InChI is InChI=1S/C22H19F4N3O3/c23-18-11-17-19(10-14(18)9-15-3-4-16(12-27-15)32-8-7-30)28-20(31)29-21(17,22(24,25)26)6-5-13-1-2-13/h3-4,10-13,30H,1-2,7-9H2,(H2,28,29,31)/t21-/m0/s1. The number of urea groups is 1. The Labute approximate surface area is 181 Å². The summed E-state index contributed by atoms with van der Waals surface area (Å²) in [5.74, 6) is 4.14. The Kier molecular flexibility index (Phi) is 5.69. The first-order valence-electron chi connectivity index (χ1n) is 9.92. The normalized spacial score (nSPS) is 19.8. The van der Waals surface area contributed by atoms with Gasteiger partial charge in [0.1, 0.15) is 18.2 Å². The van der Waals surface area contributed by atoms with Gasteiger partial charge in [-0.15, -0.1) is 0 Å². The second kappa shape index (κ2) is 8.31. The average molecular weight is 449 g/mol. The zero-order valence-corrected chi connectivity index (χ0v) is 16.7. The molecule has 3 N–H and O–H groups in total. The van der Waals surface area contributed by atoms with Crippen molar-refractivity contribution in [2.75, 3.05) is 18.5 Å². The largest absolute Gasteiger partial charge is 0.490 e. The summed E-state index contributed by atoms with van der Waals surface area (Å²) in [5, 5.41) is 13.0. The summed E-state index contributed by atoms with van der Waals surface area (Å²) in [6, 6.07) is 4.04. The maximum atomic E-state index is 14.9. The summed E-state index contributed by atoms with van der Waals surface area (Å²) in [6.45, 7) is -0.0636. The van der Waals surface area contributed by atoms with Crippen LogP contribution in [0.25, 0.3) is 0 Å². The number of halogens is 4. The molecular weight excluding hydrogens is 430 g/mol. The number of carbonyl (C=O) groups excluding carboxylic acids is 1. The minimum atomic E-state index is -4.96. The van der Waals surface area contributed by atoms with Crippen LogP contribution in [0.4, 0.5) is 28.0 Å². The molecule has 0 saturated heterocycles. The number of nitrogens with zero attached hydrogens (tertiary/aromatic N) is 1. The van der Waals surface area contributed by atoms with E-state index in [0.717, 1.165) is 6.07 Å². The van der Waals surface area contributed by atoms with Crippen LogP contribution < -0.4 is 15.4 Å². The van der Waals surface area contributed by atoms with Gasteiger partial charge in [-0.05, 0) is 42.7 Å². The fourth-order valence-corrected chi connectivity index (χ4v) is 3.35. The van der Waals surface area contributed by atoms with Gasteiger partial charge < -0.3 is 20.5 Å². The summed E-state index contributed by atoms with van der Waals surface area (Å²) in [7, 11) is 0.